The minimum atomic E-state index is -0.519. The summed E-state index contributed by atoms with van der Waals surface area (Å²) in [4.78, 5) is 26.0. The van der Waals surface area contributed by atoms with Crippen LogP contribution in [0.25, 0.3) is 0 Å². The van der Waals surface area contributed by atoms with Crippen molar-refractivity contribution < 1.29 is 19.1 Å². The molecule has 0 atom stereocenters. The van der Waals surface area contributed by atoms with Crippen molar-refractivity contribution >= 4 is 11.9 Å². The van der Waals surface area contributed by atoms with E-state index < -0.39 is 11.2 Å². The molecule has 0 aliphatic heterocycles. The van der Waals surface area contributed by atoms with Gasteiger partial charge in [0, 0.05) is 0 Å². The van der Waals surface area contributed by atoms with Crippen LogP contribution in [0.1, 0.15) is 87.0 Å². The van der Waals surface area contributed by atoms with Gasteiger partial charge in [-0.2, -0.15) is 0 Å². The van der Waals surface area contributed by atoms with Crippen LogP contribution in [0, 0.1) is 0 Å². The fourth-order valence-electron chi connectivity index (χ4n) is 2.44. The molecule has 0 radical (unpaired) electrons. The Morgan fingerprint density at radius 2 is 1.12 bits per heavy atom. The predicted molar refractivity (Wildman–Crippen MR) is 102 cm³/mol. The molecule has 0 aromatic heterocycles. The van der Waals surface area contributed by atoms with Gasteiger partial charge >= 0.3 is 11.9 Å². The van der Waals surface area contributed by atoms with E-state index in [2.05, 4.69) is 6.92 Å². The average Bonchev–Trinajstić information content (AvgIpc) is 2.37. The summed E-state index contributed by atoms with van der Waals surface area (Å²) in [5.41, 5.74) is -1.04. The summed E-state index contributed by atoms with van der Waals surface area (Å²) in [6.07, 6.45) is 7.01. The molecule has 0 saturated heterocycles. The monoisotopic (exact) mass is 357 g/mol. The van der Waals surface area contributed by atoms with Gasteiger partial charge < -0.3 is 9.47 Å². The Bertz CT molecular complexity index is 363. The van der Waals surface area contributed by atoms with Crippen LogP contribution in [0.2, 0.25) is 0 Å². The van der Waals surface area contributed by atoms with Crippen LogP contribution in [0.3, 0.4) is 0 Å². The molecule has 0 saturated carbocycles. The molecule has 0 fully saturated rings. The Kier molecular flexibility index (Phi) is 11.0. The second-order valence-corrected chi connectivity index (χ2v) is 8.65. The standard InChI is InChI=1S/C20H39NO4/c1-8-9-10-11-12-13-14-21(15-17(22)24-19(2,3)4)16-18(23)25-20(5,6)7/h8-16H2,1-7H3. The van der Waals surface area contributed by atoms with Gasteiger partial charge in [-0.15, -0.1) is 0 Å². The van der Waals surface area contributed by atoms with E-state index in [4.69, 9.17) is 9.47 Å². The van der Waals surface area contributed by atoms with Crippen molar-refractivity contribution in [2.24, 2.45) is 0 Å². The van der Waals surface area contributed by atoms with Crippen molar-refractivity contribution in [3.8, 4) is 0 Å². The van der Waals surface area contributed by atoms with Crippen molar-refractivity contribution in [1.29, 1.82) is 0 Å². The van der Waals surface area contributed by atoms with E-state index in [0.717, 1.165) is 12.8 Å². The molecule has 25 heavy (non-hydrogen) atoms. The van der Waals surface area contributed by atoms with Gasteiger partial charge in [0.25, 0.3) is 0 Å². The number of ether oxygens (including phenoxy) is 2. The highest BCUT2D eigenvalue weighted by molar-refractivity contribution is 5.75. The van der Waals surface area contributed by atoms with Crippen molar-refractivity contribution in [3.05, 3.63) is 0 Å². The molecule has 0 bridgehead atoms. The fourth-order valence-corrected chi connectivity index (χ4v) is 2.44. The summed E-state index contributed by atoms with van der Waals surface area (Å²) in [5.74, 6) is -0.607. The summed E-state index contributed by atoms with van der Waals surface area (Å²) in [7, 11) is 0. The molecule has 5 nitrogen and oxygen atoms in total. The minimum Gasteiger partial charge on any atom is -0.459 e. The van der Waals surface area contributed by atoms with Crippen LogP contribution < -0.4 is 0 Å². The van der Waals surface area contributed by atoms with Crippen molar-refractivity contribution in [2.75, 3.05) is 19.6 Å². The summed E-state index contributed by atoms with van der Waals surface area (Å²) in [6.45, 7) is 14.2. The minimum absolute atomic E-state index is 0.117. The number of nitrogens with zero attached hydrogens (tertiary/aromatic N) is 1. The first-order valence-corrected chi connectivity index (χ1v) is 9.59. The highest BCUT2D eigenvalue weighted by Gasteiger charge is 2.23. The number of carbonyl (C=O) groups excluding carboxylic acids is 2. The summed E-state index contributed by atoms with van der Waals surface area (Å²) >= 11 is 0. The van der Waals surface area contributed by atoms with E-state index in [9.17, 15) is 9.59 Å². The van der Waals surface area contributed by atoms with Crippen LogP contribution in [-0.2, 0) is 19.1 Å². The molecule has 0 spiro atoms. The van der Waals surface area contributed by atoms with Crippen LogP contribution in [0.5, 0.6) is 0 Å². The van der Waals surface area contributed by atoms with Crippen LogP contribution in [0.4, 0.5) is 0 Å². The average molecular weight is 358 g/mol. The maximum absolute atomic E-state index is 12.1. The highest BCUT2D eigenvalue weighted by atomic mass is 16.6. The molecule has 148 valence electrons. The summed E-state index contributed by atoms with van der Waals surface area (Å²) in [5, 5.41) is 0. The lowest BCUT2D eigenvalue weighted by Gasteiger charge is -2.26. The van der Waals surface area contributed by atoms with Crippen LogP contribution in [-0.4, -0.2) is 47.7 Å². The third-order valence-electron chi connectivity index (χ3n) is 3.37. The molecule has 0 aliphatic rings. The maximum Gasteiger partial charge on any atom is 0.320 e. The Labute approximate surface area is 154 Å². The Morgan fingerprint density at radius 1 is 0.720 bits per heavy atom. The Morgan fingerprint density at radius 3 is 1.52 bits per heavy atom. The van der Waals surface area contributed by atoms with E-state index in [-0.39, 0.29) is 25.0 Å². The SMILES string of the molecule is CCCCCCCCN(CC(=O)OC(C)(C)C)CC(=O)OC(C)(C)C. The normalized spacial score (nSPS) is 12.3. The van der Waals surface area contributed by atoms with Crippen molar-refractivity contribution in [2.45, 2.75) is 98.2 Å². The topological polar surface area (TPSA) is 55.8 Å². The Balaban J connectivity index is 4.49. The van der Waals surface area contributed by atoms with E-state index in [1.54, 1.807) is 0 Å². The summed E-state index contributed by atoms with van der Waals surface area (Å²) < 4.78 is 10.8. The second-order valence-electron chi connectivity index (χ2n) is 8.65. The summed E-state index contributed by atoms with van der Waals surface area (Å²) in [6, 6.07) is 0. The maximum atomic E-state index is 12.1. The number of rotatable bonds is 11. The van der Waals surface area contributed by atoms with E-state index >= 15 is 0 Å². The van der Waals surface area contributed by atoms with Gasteiger partial charge in [0.05, 0.1) is 13.1 Å². The molecule has 0 rings (SSSR count). The van der Waals surface area contributed by atoms with Crippen LogP contribution >= 0.6 is 0 Å². The molecular weight excluding hydrogens is 318 g/mol. The Hall–Kier alpha value is -1.10. The molecular formula is C20H39NO4. The lowest BCUT2D eigenvalue weighted by atomic mass is 10.1. The predicted octanol–water partition coefficient (Wildman–Crippen LogP) is 4.33. The zero-order chi connectivity index (χ0) is 19.5. The van der Waals surface area contributed by atoms with Gasteiger partial charge in [-0.25, -0.2) is 0 Å². The highest BCUT2D eigenvalue weighted by Crippen LogP contribution is 2.11. The van der Waals surface area contributed by atoms with E-state index in [1.165, 1.54) is 25.7 Å². The number of esters is 2. The molecule has 0 aliphatic carbocycles. The lowest BCUT2D eigenvalue weighted by Crippen LogP contribution is -2.40. The molecule has 0 aromatic carbocycles. The molecule has 0 aromatic rings. The first-order valence-electron chi connectivity index (χ1n) is 9.59. The largest absolute Gasteiger partial charge is 0.459 e. The lowest BCUT2D eigenvalue weighted by molar-refractivity contribution is -0.159. The van der Waals surface area contributed by atoms with E-state index in [0.29, 0.717) is 6.54 Å². The first-order chi connectivity index (χ1) is 11.4. The zero-order valence-electron chi connectivity index (χ0n) is 17.4. The van der Waals surface area contributed by atoms with E-state index in [1.807, 2.05) is 46.4 Å². The van der Waals surface area contributed by atoms with Gasteiger partial charge in [0.15, 0.2) is 0 Å². The first kappa shape index (κ1) is 23.9. The number of carbonyl (C=O) groups is 2. The molecule has 0 N–H and O–H groups in total. The number of hydrogen-bond acceptors (Lipinski definition) is 5. The van der Waals surface area contributed by atoms with Gasteiger partial charge in [0.1, 0.15) is 11.2 Å². The fraction of sp³-hybridized carbons (Fsp3) is 0.900. The van der Waals surface area contributed by atoms with Gasteiger partial charge in [-0.3, -0.25) is 14.5 Å². The molecule has 0 unspecified atom stereocenters. The molecule has 0 heterocycles. The van der Waals surface area contributed by atoms with Gasteiger partial charge in [-0.05, 0) is 54.5 Å². The van der Waals surface area contributed by atoms with Gasteiger partial charge in [0.2, 0.25) is 0 Å². The van der Waals surface area contributed by atoms with Gasteiger partial charge in [-0.1, -0.05) is 39.0 Å². The smallest absolute Gasteiger partial charge is 0.320 e. The van der Waals surface area contributed by atoms with Crippen molar-refractivity contribution in [3.63, 3.8) is 0 Å². The molecule has 0 amide bonds. The quantitative estimate of drug-likeness (QED) is 0.407. The number of hydrogen-bond donors (Lipinski definition) is 0. The number of unbranched alkanes of at least 4 members (excludes halogenated alkanes) is 5. The zero-order valence-corrected chi connectivity index (χ0v) is 17.4. The third kappa shape index (κ3) is 16.1. The molecule has 5 heteroatoms. The van der Waals surface area contributed by atoms with Crippen molar-refractivity contribution in [1.82, 2.24) is 4.90 Å². The second kappa shape index (κ2) is 11.5. The third-order valence-corrected chi connectivity index (χ3v) is 3.37. The van der Waals surface area contributed by atoms with Crippen LogP contribution in [0.15, 0.2) is 0 Å².